The second kappa shape index (κ2) is 11.0. The molecule has 0 unspecified atom stereocenters. The van der Waals surface area contributed by atoms with Crippen LogP contribution in [0.1, 0.15) is 25.8 Å². The van der Waals surface area contributed by atoms with Gasteiger partial charge in [0.25, 0.3) is 0 Å². The number of carbonyl (C=O) groups is 2. The van der Waals surface area contributed by atoms with Crippen molar-refractivity contribution >= 4 is 35.2 Å². The summed E-state index contributed by atoms with van der Waals surface area (Å²) in [4.78, 5) is 28.2. The van der Waals surface area contributed by atoms with Crippen molar-refractivity contribution < 1.29 is 9.59 Å². The Bertz CT molecular complexity index is 755. The highest BCUT2D eigenvalue weighted by molar-refractivity contribution is 8.00. The fourth-order valence-corrected chi connectivity index (χ4v) is 3.77. The minimum absolute atomic E-state index is 0.0816. The molecule has 0 bridgehead atoms. The molecule has 2 rings (SSSR count). The van der Waals surface area contributed by atoms with Crippen LogP contribution in [0, 0.1) is 0 Å². The Morgan fingerprint density at radius 1 is 1.07 bits per heavy atom. The predicted octanol–water partition coefficient (Wildman–Crippen LogP) is 4.38. The number of halogens is 1. The van der Waals surface area contributed by atoms with Crippen LogP contribution in [-0.4, -0.2) is 35.1 Å². The highest BCUT2D eigenvalue weighted by atomic mass is 35.5. The number of thioether (sulfide) groups is 1. The zero-order valence-corrected chi connectivity index (χ0v) is 17.2. The highest BCUT2D eigenvalue weighted by Crippen LogP contribution is 2.22. The molecule has 0 aliphatic heterocycles. The van der Waals surface area contributed by atoms with Crippen molar-refractivity contribution in [2.75, 3.05) is 12.3 Å². The zero-order valence-electron chi connectivity index (χ0n) is 15.7. The van der Waals surface area contributed by atoms with E-state index in [0.29, 0.717) is 24.5 Å². The van der Waals surface area contributed by atoms with Gasteiger partial charge in [-0.3, -0.25) is 9.59 Å². The van der Waals surface area contributed by atoms with Gasteiger partial charge in [-0.05, 0) is 37.1 Å². The largest absolute Gasteiger partial charge is 0.355 e. The Morgan fingerprint density at radius 3 is 2.37 bits per heavy atom. The topological polar surface area (TPSA) is 49.4 Å². The molecule has 2 amide bonds. The Kier molecular flexibility index (Phi) is 8.69. The van der Waals surface area contributed by atoms with Crippen LogP contribution in [0.25, 0.3) is 0 Å². The van der Waals surface area contributed by atoms with Crippen LogP contribution in [0.4, 0.5) is 0 Å². The lowest BCUT2D eigenvalue weighted by molar-refractivity contribution is -0.139. The first-order valence-electron chi connectivity index (χ1n) is 9.05. The molecule has 0 aliphatic carbocycles. The lowest BCUT2D eigenvalue weighted by Crippen LogP contribution is -2.49. The summed E-state index contributed by atoms with van der Waals surface area (Å²) < 4.78 is 0. The van der Waals surface area contributed by atoms with Gasteiger partial charge in [-0.2, -0.15) is 0 Å². The number of amides is 2. The number of hydrogen-bond donors (Lipinski definition) is 1. The van der Waals surface area contributed by atoms with Crippen molar-refractivity contribution in [1.82, 2.24) is 10.2 Å². The number of likely N-dealkylation sites (N-methyl/N-ethyl adjacent to an activating group) is 1. The minimum Gasteiger partial charge on any atom is -0.355 e. The molecule has 144 valence electrons. The van der Waals surface area contributed by atoms with Gasteiger partial charge in [0.15, 0.2) is 0 Å². The van der Waals surface area contributed by atoms with Gasteiger partial charge < -0.3 is 10.2 Å². The zero-order chi connectivity index (χ0) is 19.6. The number of benzene rings is 2. The average Bonchev–Trinajstić information content (AvgIpc) is 2.68. The average molecular weight is 405 g/mol. The summed E-state index contributed by atoms with van der Waals surface area (Å²) in [5.41, 5.74) is 0.833. The van der Waals surface area contributed by atoms with E-state index in [4.69, 9.17) is 11.6 Å². The molecule has 0 spiro atoms. The van der Waals surface area contributed by atoms with Gasteiger partial charge in [0.1, 0.15) is 6.04 Å². The molecule has 1 N–H and O–H groups in total. The third kappa shape index (κ3) is 6.29. The number of nitrogens with one attached hydrogen (secondary N) is 1. The monoisotopic (exact) mass is 404 g/mol. The van der Waals surface area contributed by atoms with Crippen molar-refractivity contribution in [2.24, 2.45) is 0 Å². The fourth-order valence-electron chi connectivity index (χ4n) is 2.77. The molecule has 0 radical (unpaired) electrons. The summed E-state index contributed by atoms with van der Waals surface area (Å²) in [7, 11) is 0. The summed E-state index contributed by atoms with van der Waals surface area (Å²) >= 11 is 7.76. The van der Waals surface area contributed by atoms with E-state index in [1.54, 1.807) is 11.0 Å². The molecule has 4 nitrogen and oxygen atoms in total. The van der Waals surface area contributed by atoms with E-state index < -0.39 is 6.04 Å². The summed E-state index contributed by atoms with van der Waals surface area (Å²) in [5, 5.41) is 3.43. The minimum atomic E-state index is -0.523. The van der Waals surface area contributed by atoms with E-state index in [0.717, 1.165) is 10.5 Å². The van der Waals surface area contributed by atoms with E-state index in [1.165, 1.54) is 11.8 Å². The Labute approximate surface area is 170 Å². The van der Waals surface area contributed by atoms with Gasteiger partial charge in [0.05, 0.1) is 5.75 Å². The second-order valence-corrected chi connectivity index (χ2v) is 7.49. The highest BCUT2D eigenvalue weighted by Gasteiger charge is 2.28. The normalized spacial score (nSPS) is 11.7. The maximum absolute atomic E-state index is 13.0. The molecular weight excluding hydrogens is 380 g/mol. The van der Waals surface area contributed by atoms with E-state index in [2.05, 4.69) is 5.32 Å². The van der Waals surface area contributed by atoms with Crippen LogP contribution >= 0.6 is 23.4 Å². The maximum atomic E-state index is 13.0. The molecular formula is C21H25ClN2O2S. The van der Waals surface area contributed by atoms with E-state index in [-0.39, 0.29) is 17.6 Å². The third-order valence-corrected chi connectivity index (χ3v) is 5.51. The third-order valence-electron chi connectivity index (χ3n) is 4.14. The van der Waals surface area contributed by atoms with Crippen molar-refractivity contribution in [3.63, 3.8) is 0 Å². The van der Waals surface area contributed by atoms with Gasteiger partial charge in [0.2, 0.25) is 11.8 Å². The number of carbonyl (C=O) groups excluding carboxylic acids is 2. The standard InChI is InChI=1S/C21H25ClN2O2S/c1-3-19(21(26)23-4-2)24(14-16-10-8-9-13-18(16)22)20(25)15-27-17-11-6-5-7-12-17/h5-13,19H,3-4,14-15H2,1-2H3,(H,23,26)/t19-/m1/s1. The van der Waals surface area contributed by atoms with Crippen LogP contribution in [0.2, 0.25) is 5.02 Å². The van der Waals surface area contributed by atoms with Crippen LogP contribution in [0.15, 0.2) is 59.5 Å². The molecule has 0 aromatic heterocycles. The first kappa shape index (κ1) is 21.3. The van der Waals surface area contributed by atoms with E-state index in [1.807, 2.05) is 62.4 Å². The molecule has 1 atom stereocenters. The molecule has 0 aliphatic rings. The lowest BCUT2D eigenvalue weighted by atomic mass is 10.1. The van der Waals surface area contributed by atoms with Gasteiger partial charge in [-0.25, -0.2) is 0 Å². The smallest absolute Gasteiger partial charge is 0.242 e. The first-order valence-corrected chi connectivity index (χ1v) is 10.4. The van der Waals surface area contributed by atoms with Gasteiger partial charge in [-0.1, -0.05) is 54.9 Å². The maximum Gasteiger partial charge on any atom is 0.242 e. The van der Waals surface area contributed by atoms with Crippen LogP contribution in [0.3, 0.4) is 0 Å². The van der Waals surface area contributed by atoms with Crippen molar-refractivity contribution in [2.45, 2.75) is 37.8 Å². The fraction of sp³-hybridized carbons (Fsp3) is 0.333. The van der Waals surface area contributed by atoms with E-state index in [9.17, 15) is 9.59 Å². The number of hydrogen-bond acceptors (Lipinski definition) is 3. The molecule has 0 fully saturated rings. The van der Waals surface area contributed by atoms with Crippen molar-refractivity contribution in [1.29, 1.82) is 0 Å². The summed E-state index contributed by atoms with van der Waals surface area (Å²) in [5.74, 6) is 0.0525. The predicted molar refractivity (Wildman–Crippen MR) is 112 cm³/mol. The SMILES string of the molecule is CCNC(=O)[C@@H](CC)N(Cc1ccccc1Cl)C(=O)CSc1ccccc1. The Balaban J connectivity index is 2.20. The summed E-state index contributed by atoms with van der Waals surface area (Å²) in [6, 6.07) is 16.7. The van der Waals surface area contributed by atoms with Crippen LogP contribution < -0.4 is 5.32 Å². The molecule has 2 aromatic rings. The molecule has 0 saturated carbocycles. The second-order valence-electron chi connectivity index (χ2n) is 6.03. The van der Waals surface area contributed by atoms with Gasteiger partial charge in [0, 0.05) is 23.0 Å². The van der Waals surface area contributed by atoms with E-state index >= 15 is 0 Å². The molecule has 0 saturated heterocycles. The Hall–Kier alpha value is -1.98. The number of rotatable bonds is 9. The summed E-state index contributed by atoms with van der Waals surface area (Å²) in [6.07, 6.45) is 0.540. The summed E-state index contributed by atoms with van der Waals surface area (Å²) in [6.45, 7) is 4.62. The van der Waals surface area contributed by atoms with Gasteiger partial charge >= 0.3 is 0 Å². The lowest BCUT2D eigenvalue weighted by Gasteiger charge is -2.30. The van der Waals surface area contributed by atoms with Crippen LogP contribution in [0.5, 0.6) is 0 Å². The number of nitrogens with zero attached hydrogens (tertiary/aromatic N) is 1. The first-order chi connectivity index (χ1) is 13.1. The van der Waals surface area contributed by atoms with Crippen molar-refractivity contribution in [3.05, 3.63) is 65.2 Å². The molecule has 6 heteroatoms. The molecule has 27 heavy (non-hydrogen) atoms. The quantitative estimate of drug-likeness (QED) is 0.631. The Morgan fingerprint density at radius 2 is 1.74 bits per heavy atom. The molecule has 0 heterocycles. The van der Waals surface area contributed by atoms with Crippen LogP contribution in [-0.2, 0) is 16.1 Å². The van der Waals surface area contributed by atoms with Crippen molar-refractivity contribution in [3.8, 4) is 0 Å². The van der Waals surface area contributed by atoms with Gasteiger partial charge in [-0.15, -0.1) is 11.8 Å². The molecule has 2 aromatic carbocycles.